The molecule has 0 aliphatic rings. The first kappa shape index (κ1) is 20.2. The van der Waals surface area contributed by atoms with Gasteiger partial charge in [-0.3, -0.25) is 14.8 Å². The first-order chi connectivity index (χ1) is 16.2. The van der Waals surface area contributed by atoms with E-state index >= 15 is 0 Å². The van der Waals surface area contributed by atoms with Gasteiger partial charge in [-0.05, 0) is 77.4 Å². The van der Waals surface area contributed by atoms with Gasteiger partial charge < -0.3 is 9.88 Å². The number of carbonyl (C=O) groups is 1. The fourth-order valence-electron chi connectivity index (χ4n) is 3.89. The van der Waals surface area contributed by atoms with Crippen LogP contribution < -0.4 is 5.32 Å². The van der Waals surface area contributed by atoms with E-state index in [0.717, 1.165) is 33.3 Å². The topological polar surface area (TPSA) is 83.6 Å². The van der Waals surface area contributed by atoms with Crippen LogP contribution in [0.1, 0.15) is 11.3 Å². The second-order valence-electron chi connectivity index (χ2n) is 7.62. The van der Waals surface area contributed by atoms with E-state index in [2.05, 4.69) is 27.4 Å². The van der Waals surface area contributed by atoms with Crippen LogP contribution >= 0.6 is 0 Å². The molecule has 6 heteroatoms. The van der Waals surface area contributed by atoms with Gasteiger partial charge in [-0.15, -0.1) is 0 Å². The normalized spacial score (nSPS) is 10.6. The monoisotopic (exact) mass is 429 g/mol. The molecule has 0 bridgehead atoms. The van der Waals surface area contributed by atoms with E-state index in [1.807, 2.05) is 71.3 Å². The molecule has 0 unspecified atom stereocenters. The summed E-state index contributed by atoms with van der Waals surface area (Å²) in [6, 6.07) is 25.4. The fourth-order valence-corrected chi connectivity index (χ4v) is 3.89. The van der Waals surface area contributed by atoms with Gasteiger partial charge in [0.1, 0.15) is 11.8 Å². The van der Waals surface area contributed by atoms with Gasteiger partial charge in [-0.25, -0.2) is 0 Å². The van der Waals surface area contributed by atoms with Crippen molar-refractivity contribution in [3.8, 4) is 22.9 Å². The number of fused-ring (bicyclic) bond motifs is 1. The molecular weight excluding hydrogens is 410 g/mol. The van der Waals surface area contributed by atoms with Crippen molar-refractivity contribution in [1.82, 2.24) is 14.5 Å². The summed E-state index contributed by atoms with van der Waals surface area (Å²) in [4.78, 5) is 20.4. The molecule has 0 aliphatic carbocycles. The van der Waals surface area contributed by atoms with Gasteiger partial charge in [-0.1, -0.05) is 12.1 Å². The second kappa shape index (κ2) is 8.77. The van der Waals surface area contributed by atoms with Crippen LogP contribution in [-0.4, -0.2) is 20.4 Å². The Bertz CT molecular complexity index is 1470. The van der Waals surface area contributed by atoms with Gasteiger partial charge in [0, 0.05) is 41.5 Å². The van der Waals surface area contributed by atoms with Gasteiger partial charge in [0.2, 0.25) is 5.91 Å². The number of hydrogen-bond donors (Lipinski definition) is 1. The molecule has 5 rings (SSSR count). The van der Waals surface area contributed by atoms with Gasteiger partial charge in [0.25, 0.3) is 0 Å². The number of nitrogens with zero attached hydrogens (tertiary/aromatic N) is 4. The molecule has 5 aromatic rings. The summed E-state index contributed by atoms with van der Waals surface area (Å²) in [7, 11) is 0. The molecule has 2 aromatic carbocycles. The summed E-state index contributed by atoms with van der Waals surface area (Å²) in [5, 5.41) is 13.6. The van der Waals surface area contributed by atoms with Crippen LogP contribution in [0.25, 0.3) is 27.7 Å². The Labute approximate surface area is 190 Å². The molecule has 0 saturated carbocycles. The van der Waals surface area contributed by atoms with Crippen molar-refractivity contribution in [3.05, 3.63) is 109 Å². The fraction of sp³-hybridized carbons (Fsp3) is 0.0370. The summed E-state index contributed by atoms with van der Waals surface area (Å²) in [5.74, 6) is -0.108. The van der Waals surface area contributed by atoms with Crippen molar-refractivity contribution in [3.63, 3.8) is 0 Å². The van der Waals surface area contributed by atoms with Crippen LogP contribution in [0.5, 0.6) is 0 Å². The predicted octanol–water partition coefficient (Wildman–Crippen LogP) is 5.14. The number of pyridine rings is 2. The van der Waals surface area contributed by atoms with Crippen molar-refractivity contribution in [2.75, 3.05) is 5.32 Å². The third kappa shape index (κ3) is 4.21. The number of amides is 1. The average molecular weight is 429 g/mol. The Morgan fingerprint density at radius 1 is 0.909 bits per heavy atom. The molecule has 33 heavy (non-hydrogen) atoms. The van der Waals surface area contributed by atoms with Crippen LogP contribution in [0.15, 0.2) is 97.6 Å². The Morgan fingerprint density at radius 3 is 2.45 bits per heavy atom. The van der Waals surface area contributed by atoms with Crippen molar-refractivity contribution in [2.24, 2.45) is 0 Å². The standard InChI is InChI=1S/C27H19N5O/c28-17-25-16-22-15-21(20-9-12-29-13-10-20)3-8-26(22)32(25)24-6-4-23(5-7-24)31-27(33)14-19-2-1-11-30-18-19/h1-13,15-16,18H,14H2,(H,31,33). The maximum absolute atomic E-state index is 12.3. The molecular formula is C27H19N5O. The van der Waals surface area contributed by atoms with Crippen LogP contribution in [0, 0.1) is 11.3 Å². The molecule has 1 N–H and O–H groups in total. The molecule has 0 aliphatic heterocycles. The van der Waals surface area contributed by atoms with Gasteiger partial charge >= 0.3 is 0 Å². The third-order valence-electron chi connectivity index (χ3n) is 5.43. The number of carbonyl (C=O) groups excluding carboxylic acids is 1. The highest BCUT2D eigenvalue weighted by Gasteiger charge is 2.12. The number of nitrogens with one attached hydrogen (secondary N) is 1. The Hall–Kier alpha value is -4.76. The lowest BCUT2D eigenvalue weighted by atomic mass is 10.1. The third-order valence-corrected chi connectivity index (χ3v) is 5.43. The van der Waals surface area contributed by atoms with Crippen LogP contribution in [0.3, 0.4) is 0 Å². The Balaban J connectivity index is 1.41. The highest BCUT2D eigenvalue weighted by atomic mass is 16.1. The zero-order chi connectivity index (χ0) is 22.6. The van der Waals surface area contributed by atoms with E-state index in [1.54, 1.807) is 24.8 Å². The molecule has 3 heterocycles. The summed E-state index contributed by atoms with van der Waals surface area (Å²) < 4.78 is 1.92. The Kier molecular flexibility index (Phi) is 5.36. The summed E-state index contributed by atoms with van der Waals surface area (Å²) in [6.07, 6.45) is 7.16. The molecule has 0 fully saturated rings. The van der Waals surface area contributed by atoms with E-state index in [-0.39, 0.29) is 12.3 Å². The van der Waals surface area contributed by atoms with Crippen molar-refractivity contribution >= 4 is 22.5 Å². The first-order valence-corrected chi connectivity index (χ1v) is 10.5. The number of anilines is 1. The maximum Gasteiger partial charge on any atom is 0.228 e. The van der Waals surface area contributed by atoms with E-state index in [9.17, 15) is 10.1 Å². The minimum Gasteiger partial charge on any atom is -0.326 e. The van der Waals surface area contributed by atoms with Crippen molar-refractivity contribution < 1.29 is 4.79 Å². The highest BCUT2D eigenvalue weighted by molar-refractivity contribution is 5.92. The lowest BCUT2D eigenvalue weighted by Gasteiger charge is -2.10. The summed E-state index contributed by atoms with van der Waals surface area (Å²) in [5.41, 5.74) is 6.03. The number of nitriles is 1. The van der Waals surface area contributed by atoms with Gasteiger partial charge in [-0.2, -0.15) is 5.26 Å². The second-order valence-corrected chi connectivity index (χ2v) is 7.62. The summed E-state index contributed by atoms with van der Waals surface area (Å²) in [6.45, 7) is 0. The number of benzene rings is 2. The van der Waals surface area contributed by atoms with Crippen molar-refractivity contribution in [1.29, 1.82) is 5.26 Å². The van der Waals surface area contributed by atoms with E-state index < -0.39 is 0 Å². The summed E-state index contributed by atoms with van der Waals surface area (Å²) >= 11 is 0. The number of hydrogen-bond acceptors (Lipinski definition) is 4. The molecule has 1 amide bonds. The molecule has 0 radical (unpaired) electrons. The predicted molar refractivity (Wildman–Crippen MR) is 128 cm³/mol. The number of rotatable bonds is 5. The molecule has 0 saturated heterocycles. The zero-order valence-electron chi connectivity index (χ0n) is 17.6. The average Bonchev–Trinajstić information content (AvgIpc) is 3.23. The molecule has 3 aromatic heterocycles. The van der Waals surface area contributed by atoms with E-state index in [0.29, 0.717) is 11.4 Å². The minimum absolute atomic E-state index is 0.108. The molecule has 0 atom stereocenters. The quantitative estimate of drug-likeness (QED) is 0.419. The van der Waals surface area contributed by atoms with Gasteiger partial charge in [0.05, 0.1) is 11.9 Å². The first-order valence-electron chi connectivity index (χ1n) is 10.5. The smallest absolute Gasteiger partial charge is 0.228 e. The number of aromatic nitrogens is 3. The van der Waals surface area contributed by atoms with E-state index in [4.69, 9.17) is 0 Å². The zero-order valence-corrected chi connectivity index (χ0v) is 17.6. The largest absolute Gasteiger partial charge is 0.326 e. The van der Waals surface area contributed by atoms with Gasteiger partial charge in [0.15, 0.2) is 0 Å². The lowest BCUT2D eigenvalue weighted by Crippen LogP contribution is -2.14. The SMILES string of the molecule is N#Cc1cc2cc(-c3ccncc3)ccc2n1-c1ccc(NC(=O)Cc2cccnc2)cc1. The molecule has 158 valence electrons. The lowest BCUT2D eigenvalue weighted by molar-refractivity contribution is -0.115. The minimum atomic E-state index is -0.108. The van der Waals surface area contributed by atoms with Crippen LogP contribution in [-0.2, 0) is 11.2 Å². The molecule has 6 nitrogen and oxygen atoms in total. The van der Waals surface area contributed by atoms with E-state index in [1.165, 1.54) is 0 Å². The van der Waals surface area contributed by atoms with Crippen LogP contribution in [0.2, 0.25) is 0 Å². The molecule has 0 spiro atoms. The van der Waals surface area contributed by atoms with Crippen molar-refractivity contribution in [2.45, 2.75) is 6.42 Å². The van der Waals surface area contributed by atoms with Crippen LogP contribution in [0.4, 0.5) is 5.69 Å². The maximum atomic E-state index is 12.3. The highest BCUT2D eigenvalue weighted by Crippen LogP contribution is 2.29. The Morgan fingerprint density at radius 2 is 1.73 bits per heavy atom.